The summed E-state index contributed by atoms with van der Waals surface area (Å²) in [7, 11) is 0. The topological polar surface area (TPSA) is 111 Å². The summed E-state index contributed by atoms with van der Waals surface area (Å²) in [4.78, 5) is 26.7. The molecule has 1 aromatic heterocycles. The summed E-state index contributed by atoms with van der Waals surface area (Å²) >= 11 is 0. The summed E-state index contributed by atoms with van der Waals surface area (Å²) in [6.45, 7) is 0.0925. The Kier molecular flexibility index (Phi) is 4.67. The van der Waals surface area contributed by atoms with Crippen molar-refractivity contribution < 1.29 is 14.0 Å². The summed E-state index contributed by atoms with van der Waals surface area (Å²) < 4.78 is 14.0. The van der Waals surface area contributed by atoms with Crippen LogP contribution in [0.3, 0.4) is 0 Å². The van der Waals surface area contributed by atoms with E-state index in [2.05, 4.69) is 10.3 Å². The lowest BCUT2D eigenvalue weighted by atomic mass is 10.0. The minimum absolute atomic E-state index is 0.0170. The average molecular weight is 302 g/mol. The van der Waals surface area contributed by atoms with Gasteiger partial charge in [0.05, 0.1) is 5.56 Å². The van der Waals surface area contributed by atoms with E-state index in [1.54, 1.807) is 18.2 Å². The largest absolute Gasteiger partial charge is 0.384 e. The maximum atomic E-state index is 14.0. The second kappa shape index (κ2) is 6.66. The minimum atomic E-state index is -0.523. The van der Waals surface area contributed by atoms with Crippen LogP contribution >= 0.6 is 0 Å². The summed E-state index contributed by atoms with van der Waals surface area (Å²) in [5.74, 6) is -1.30. The van der Waals surface area contributed by atoms with Crippen LogP contribution in [0.25, 0.3) is 11.1 Å². The van der Waals surface area contributed by atoms with E-state index in [9.17, 15) is 14.0 Å². The van der Waals surface area contributed by atoms with E-state index in [1.165, 1.54) is 18.3 Å². The number of amides is 2. The summed E-state index contributed by atoms with van der Waals surface area (Å²) in [6, 6.07) is 7.48. The molecule has 0 spiro atoms. The molecule has 1 aromatic carbocycles. The van der Waals surface area contributed by atoms with Crippen molar-refractivity contribution in [3.05, 3.63) is 47.9 Å². The molecule has 1 heterocycles. The first-order chi connectivity index (χ1) is 10.5. The van der Waals surface area contributed by atoms with Crippen molar-refractivity contribution >= 4 is 17.6 Å². The molecule has 0 aliphatic heterocycles. The Morgan fingerprint density at radius 2 is 1.95 bits per heavy atom. The van der Waals surface area contributed by atoms with Crippen LogP contribution in [-0.2, 0) is 4.79 Å². The molecule has 0 fully saturated rings. The van der Waals surface area contributed by atoms with Crippen LogP contribution in [0.5, 0.6) is 0 Å². The highest BCUT2D eigenvalue weighted by molar-refractivity contribution is 6.01. The minimum Gasteiger partial charge on any atom is -0.384 e. The Hall–Kier alpha value is -2.96. The maximum absolute atomic E-state index is 14.0. The van der Waals surface area contributed by atoms with Gasteiger partial charge in [-0.15, -0.1) is 0 Å². The summed E-state index contributed by atoms with van der Waals surface area (Å²) in [5, 5.41) is 2.54. The zero-order chi connectivity index (χ0) is 16.1. The molecule has 0 radical (unpaired) electrons. The number of nitrogens with two attached hydrogens (primary N) is 2. The van der Waals surface area contributed by atoms with Crippen molar-refractivity contribution in [3.63, 3.8) is 0 Å². The fourth-order valence-corrected chi connectivity index (χ4v) is 1.95. The maximum Gasteiger partial charge on any atom is 0.253 e. The number of pyridine rings is 1. The van der Waals surface area contributed by atoms with Gasteiger partial charge in [0.2, 0.25) is 5.91 Å². The number of rotatable bonds is 5. The lowest BCUT2D eigenvalue weighted by molar-refractivity contribution is -0.117. The van der Waals surface area contributed by atoms with Crippen molar-refractivity contribution in [3.8, 4) is 11.1 Å². The van der Waals surface area contributed by atoms with Crippen LogP contribution in [0, 0.1) is 5.82 Å². The molecular weight excluding hydrogens is 287 g/mol. The molecule has 0 saturated carbocycles. The number of anilines is 1. The SMILES string of the molecule is NC(=O)CCNC(=O)c1cnc(N)cc1-c1ccccc1F. The number of nitrogen functional groups attached to an aromatic ring is 1. The summed E-state index contributed by atoms with van der Waals surface area (Å²) in [5.41, 5.74) is 11.4. The van der Waals surface area contributed by atoms with Gasteiger partial charge in [-0.25, -0.2) is 9.37 Å². The highest BCUT2D eigenvalue weighted by Crippen LogP contribution is 2.27. The van der Waals surface area contributed by atoms with E-state index in [1.807, 2.05) is 0 Å². The number of hydrogen-bond acceptors (Lipinski definition) is 4. The van der Waals surface area contributed by atoms with Gasteiger partial charge in [0.15, 0.2) is 0 Å². The molecule has 0 bridgehead atoms. The van der Waals surface area contributed by atoms with Gasteiger partial charge in [-0.3, -0.25) is 9.59 Å². The molecule has 114 valence electrons. The molecule has 0 atom stereocenters. The first-order valence-corrected chi connectivity index (χ1v) is 6.56. The third kappa shape index (κ3) is 3.57. The zero-order valence-corrected chi connectivity index (χ0v) is 11.7. The number of carbonyl (C=O) groups is 2. The molecule has 0 aliphatic carbocycles. The predicted octanol–water partition coefficient (Wildman–Crippen LogP) is 1.08. The number of hydrogen-bond donors (Lipinski definition) is 3. The van der Waals surface area contributed by atoms with E-state index >= 15 is 0 Å². The third-order valence-electron chi connectivity index (χ3n) is 2.99. The van der Waals surface area contributed by atoms with Crippen molar-refractivity contribution in [2.45, 2.75) is 6.42 Å². The van der Waals surface area contributed by atoms with E-state index in [0.717, 1.165) is 0 Å². The van der Waals surface area contributed by atoms with Crippen molar-refractivity contribution in [1.29, 1.82) is 0 Å². The highest BCUT2D eigenvalue weighted by Gasteiger charge is 2.16. The molecule has 22 heavy (non-hydrogen) atoms. The molecule has 0 aliphatic rings. The fourth-order valence-electron chi connectivity index (χ4n) is 1.95. The zero-order valence-electron chi connectivity index (χ0n) is 11.7. The molecule has 0 unspecified atom stereocenters. The van der Waals surface area contributed by atoms with Crippen LogP contribution < -0.4 is 16.8 Å². The van der Waals surface area contributed by atoms with Crippen molar-refractivity contribution in [2.75, 3.05) is 12.3 Å². The molecule has 2 amide bonds. The average Bonchev–Trinajstić information content (AvgIpc) is 2.47. The number of nitrogens with one attached hydrogen (secondary N) is 1. The standard InChI is InChI=1S/C15H15FN4O2/c16-12-4-2-1-3-9(12)10-7-13(17)20-8-11(10)15(22)19-6-5-14(18)21/h1-4,7-8H,5-6H2,(H2,17,20)(H2,18,21)(H,19,22). The van der Waals surface area contributed by atoms with Crippen molar-refractivity contribution in [1.82, 2.24) is 10.3 Å². The predicted molar refractivity (Wildman–Crippen MR) is 80.2 cm³/mol. The third-order valence-corrected chi connectivity index (χ3v) is 2.99. The lowest BCUT2D eigenvalue weighted by Gasteiger charge is -2.11. The van der Waals surface area contributed by atoms with Gasteiger partial charge in [-0.2, -0.15) is 0 Å². The van der Waals surface area contributed by atoms with Crippen LogP contribution in [0.2, 0.25) is 0 Å². The van der Waals surface area contributed by atoms with Crippen LogP contribution in [0.4, 0.5) is 10.2 Å². The van der Waals surface area contributed by atoms with E-state index in [4.69, 9.17) is 11.5 Å². The summed E-state index contributed by atoms with van der Waals surface area (Å²) in [6.07, 6.45) is 1.29. The van der Waals surface area contributed by atoms with Gasteiger partial charge in [0.25, 0.3) is 5.91 Å². The number of halogens is 1. The monoisotopic (exact) mass is 302 g/mol. The number of primary amides is 1. The number of carbonyl (C=O) groups excluding carboxylic acids is 2. The molecular formula is C15H15FN4O2. The Balaban J connectivity index is 2.34. The Morgan fingerprint density at radius 3 is 2.64 bits per heavy atom. The normalized spacial score (nSPS) is 10.2. The second-order valence-electron chi connectivity index (χ2n) is 4.61. The molecule has 0 saturated heterocycles. The quantitative estimate of drug-likeness (QED) is 0.767. The molecule has 5 N–H and O–H groups in total. The molecule has 7 heteroatoms. The smallest absolute Gasteiger partial charge is 0.253 e. The van der Waals surface area contributed by atoms with Crippen LogP contribution in [0.1, 0.15) is 16.8 Å². The Morgan fingerprint density at radius 1 is 1.23 bits per heavy atom. The number of benzene rings is 1. The molecule has 2 rings (SSSR count). The number of nitrogens with zero attached hydrogens (tertiary/aromatic N) is 1. The fraction of sp³-hybridized carbons (Fsp3) is 0.133. The Labute approximate surface area is 126 Å². The van der Waals surface area contributed by atoms with Gasteiger partial charge in [-0.1, -0.05) is 18.2 Å². The molecule has 6 nitrogen and oxygen atoms in total. The second-order valence-corrected chi connectivity index (χ2v) is 4.61. The van der Waals surface area contributed by atoms with E-state index < -0.39 is 17.6 Å². The van der Waals surface area contributed by atoms with Crippen LogP contribution in [-0.4, -0.2) is 23.3 Å². The lowest BCUT2D eigenvalue weighted by Crippen LogP contribution is -2.28. The Bertz CT molecular complexity index is 718. The van der Waals surface area contributed by atoms with Gasteiger partial charge < -0.3 is 16.8 Å². The van der Waals surface area contributed by atoms with E-state index in [0.29, 0.717) is 5.56 Å². The van der Waals surface area contributed by atoms with Gasteiger partial charge in [0, 0.05) is 30.3 Å². The molecule has 2 aromatic rings. The van der Waals surface area contributed by atoms with E-state index in [-0.39, 0.29) is 29.9 Å². The van der Waals surface area contributed by atoms with Gasteiger partial charge in [-0.05, 0) is 12.1 Å². The van der Waals surface area contributed by atoms with Crippen LogP contribution in [0.15, 0.2) is 36.5 Å². The highest BCUT2D eigenvalue weighted by atomic mass is 19.1. The van der Waals surface area contributed by atoms with Gasteiger partial charge >= 0.3 is 0 Å². The first-order valence-electron chi connectivity index (χ1n) is 6.56. The number of aromatic nitrogens is 1. The van der Waals surface area contributed by atoms with Crippen molar-refractivity contribution in [2.24, 2.45) is 5.73 Å². The van der Waals surface area contributed by atoms with Gasteiger partial charge in [0.1, 0.15) is 11.6 Å². The first kappa shape index (κ1) is 15.4.